The zero-order chi connectivity index (χ0) is 15.5. The van der Waals surface area contributed by atoms with E-state index in [0.29, 0.717) is 55.8 Å². The summed E-state index contributed by atoms with van der Waals surface area (Å²) in [5, 5.41) is 3.66. The number of nitrogens with two attached hydrogens (primary N) is 1. The van der Waals surface area contributed by atoms with Gasteiger partial charge in [0.1, 0.15) is 16.8 Å². The highest BCUT2D eigenvalue weighted by Gasteiger charge is 2.38. The molecule has 21 heavy (non-hydrogen) atoms. The molecule has 6 nitrogen and oxygen atoms in total. The van der Waals surface area contributed by atoms with Crippen LogP contribution in [0.15, 0.2) is 0 Å². The van der Waals surface area contributed by atoms with Gasteiger partial charge in [0.05, 0.1) is 5.41 Å². The minimum atomic E-state index is -0.589. The predicted molar refractivity (Wildman–Crippen MR) is 81.3 cm³/mol. The normalized spacial score (nSPS) is 17.5. The predicted octanol–water partition coefficient (Wildman–Crippen LogP) is 1.69. The van der Waals surface area contributed by atoms with Crippen LogP contribution in [0.5, 0.6) is 0 Å². The second-order valence-corrected chi connectivity index (χ2v) is 5.73. The zero-order valence-electron chi connectivity index (χ0n) is 12.4. The van der Waals surface area contributed by atoms with Crippen molar-refractivity contribution in [2.75, 3.05) is 25.1 Å². The third kappa shape index (κ3) is 3.44. The molecule has 0 atom stereocenters. The molecule has 0 spiro atoms. The maximum Gasteiger partial charge on any atom is 0.225 e. The standard InChI is InChI=1S/C14H21ClN4O2/c1-3-10-18-11(15)9(2)12(19-10)17-8-14(13(16)20)4-6-21-7-5-14/h3-8H2,1-2H3,(H2,16,20)(H,17,18,19). The van der Waals surface area contributed by atoms with Crippen LogP contribution in [-0.4, -0.2) is 35.6 Å². The average Bonchev–Trinajstić information content (AvgIpc) is 2.49. The number of aryl methyl sites for hydroxylation is 1. The summed E-state index contributed by atoms with van der Waals surface area (Å²) in [6, 6.07) is 0. The number of primary amides is 1. The number of carbonyl (C=O) groups excluding carboxylic acids is 1. The fraction of sp³-hybridized carbons (Fsp3) is 0.643. The summed E-state index contributed by atoms with van der Waals surface area (Å²) < 4.78 is 5.32. The molecule has 0 bridgehead atoms. The molecule has 3 N–H and O–H groups in total. The van der Waals surface area contributed by atoms with Crippen LogP contribution in [0.2, 0.25) is 5.15 Å². The van der Waals surface area contributed by atoms with Crippen molar-refractivity contribution in [2.24, 2.45) is 11.1 Å². The largest absolute Gasteiger partial charge is 0.381 e. The number of nitrogens with one attached hydrogen (secondary N) is 1. The minimum Gasteiger partial charge on any atom is -0.381 e. The van der Waals surface area contributed by atoms with Gasteiger partial charge >= 0.3 is 0 Å². The number of hydrogen-bond acceptors (Lipinski definition) is 5. The van der Waals surface area contributed by atoms with Gasteiger partial charge in [0.25, 0.3) is 0 Å². The Bertz CT molecular complexity index is 530. The lowest BCUT2D eigenvalue weighted by Crippen LogP contribution is -2.46. The first-order chi connectivity index (χ1) is 9.98. The number of aromatic nitrogens is 2. The lowest BCUT2D eigenvalue weighted by molar-refractivity contribution is -0.132. The Morgan fingerprint density at radius 1 is 1.43 bits per heavy atom. The number of nitrogens with zero attached hydrogens (tertiary/aromatic N) is 2. The highest BCUT2D eigenvalue weighted by Crippen LogP contribution is 2.31. The maximum absolute atomic E-state index is 11.8. The zero-order valence-corrected chi connectivity index (χ0v) is 13.2. The first-order valence-electron chi connectivity index (χ1n) is 7.13. The smallest absolute Gasteiger partial charge is 0.225 e. The van der Waals surface area contributed by atoms with Gasteiger partial charge in [-0.3, -0.25) is 4.79 Å². The SMILES string of the molecule is CCc1nc(Cl)c(C)c(NCC2(C(N)=O)CCOCC2)n1. The number of hydrogen-bond donors (Lipinski definition) is 2. The van der Waals surface area contributed by atoms with Crippen molar-refractivity contribution in [1.82, 2.24) is 9.97 Å². The van der Waals surface area contributed by atoms with Crippen molar-refractivity contribution < 1.29 is 9.53 Å². The number of rotatable bonds is 5. The summed E-state index contributed by atoms with van der Waals surface area (Å²) in [7, 11) is 0. The lowest BCUT2D eigenvalue weighted by atomic mass is 9.79. The van der Waals surface area contributed by atoms with Crippen molar-refractivity contribution in [2.45, 2.75) is 33.1 Å². The van der Waals surface area contributed by atoms with Gasteiger partial charge in [0.15, 0.2) is 0 Å². The van der Waals surface area contributed by atoms with E-state index < -0.39 is 5.41 Å². The van der Waals surface area contributed by atoms with Gasteiger partial charge in [-0.05, 0) is 19.8 Å². The van der Waals surface area contributed by atoms with Gasteiger partial charge in [-0.1, -0.05) is 18.5 Å². The van der Waals surface area contributed by atoms with Crippen LogP contribution in [0, 0.1) is 12.3 Å². The lowest BCUT2D eigenvalue weighted by Gasteiger charge is -2.34. The first kappa shape index (κ1) is 16.0. The third-order valence-corrected chi connectivity index (χ3v) is 4.38. The van der Waals surface area contributed by atoms with Crippen molar-refractivity contribution >= 4 is 23.3 Å². The Hall–Kier alpha value is -1.40. The summed E-state index contributed by atoms with van der Waals surface area (Å²) in [4.78, 5) is 20.5. The molecule has 1 aromatic rings. The molecule has 1 fully saturated rings. The molecule has 0 aromatic carbocycles. The first-order valence-corrected chi connectivity index (χ1v) is 7.51. The van der Waals surface area contributed by atoms with Crippen LogP contribution in [-0.2, 0) is 16.0 Å². The van der Waals surface area contributed by atoms with Gasteiger partial charge in [-0.2, -0.15) is 0 Å². The van der Waals surface area contributed by atoms with E-state index in [1.807, 2.05) is 13.8 Å². The van der Waals surface area contributed by atoms with Crippen LogP contribution in [0.3, 0.4) is 0 Å². The Balaban J connectivity index is 2.18. The highest BCUT2D eigenvalue weighted by atomic mass is 35.5. The Labute approximate surface area is 129 Å². The third-order valence-electron chi connectivity index (χ3n) is 4.02. The summed E-state index contributed by atoms with van der Waals surface area (Å²) in [6.07, 6.45) is 1.94. The van der Waals surface area contributed by atoms with E-state index in [9.17, 15) is 4.79 Å². The van der Waals surface area contributed by atoms with Crippen molar-refractivity contribution in [1.29, 1.82) is 0 Å². The number of anilines is 1. The topological polar surface area (TPSA) is 90.1 Å². The molecule has 1 saturated heterocycles. The molecule has 1 amide bonds. The van der Waals surface area contributed by atoms with E-state index in [-0.39, 0.29) is 5.91 Å². The number of amides is 1. The second-order valence-electron chi connectivity index (χ2n) is 5.37. The maximum atomic E-state index is 11.8. The van der Waals surface area contributed by atoms with E-state index in [1.54, 1.807) is 0 Å². The molecular formula is C14H21ClN4O2. The molecule has 1 aliphatic heterocycles. The number of halogens is 1. The molecule has 0 aliphatic carbocycles. The second kappa shape index (κ2) is 6.58. The molecule has 2 heterocycles. The van der Waals surface area contributed by atoms with Gasteiger partial charge in [0, 0.05) is 31.7 Å². The van der Waals surface area contributed by atoms with Crippen molar-refractivity contribution in [3.8, 4) is 0 Å². The highest BCUT2D eigenvalue weighted by molar-refractivity contribution is 6.30. The van der Waals surface area contributed by atoms with Gasteiger partial charge < -0.3 is 15.8 Å². The molecule has 0 saturated carbocycles. The van der Waals surface area contributed by atoms with Gasteiger partial charge in [-0.15, -0.1) is 0 Å². The van der Waals surface area contributed by atoms with Crippen LogP contribution >= 0.6 is 11.6 Å². The van der Waals surface area contributed by atoms with E-state index in [1.165, 1.54) is 0 Å². The quantitative estimate of drug-likeness (QED) is 0.808. The number of ether oxygens (including phenoxy) is 1. The minimum absolute atomic E-state index is 0.299. The molecule has 2 rings (SSSR count). The average molecular weight is 313 g/mol. The van der Waals surface area contributed by atoms with Crippen LogP contribution in [0.25, 0.3) is 0 Å². The van der Waals surface area contributed by atoms with Gasteiger partial charge in [-0.25, -0.2) is 9.97 Å². The molecule has 7 heteroatoms. The fourth-order valence-corrected chi connectivity index (χ4v) is 2.58. The summed E-state index contributed by atoms with van der Waals surface area (Å²) in [5.74, 6) is 1.04. The fourth-order valence-electron chi connectivity index (χ4n) is 2.39. The van der Waals surface area contributed by atoms with E-state index in [4.69, 9.17) is 22.1 Å². The van der Waals surface area contributed by atoms with Crippen molar-refractivity contribution in [3.05, 3.63) is 16.5 Å². The van der Waals surface area contributed by atoms with Gasteiger partial charge in [0.2, 0.25) is 5.91 Å². The molecule has 1 aromatic heterocycles. The van der Waals surface area contributed by atoms with E-state index in [0.717, 1.165) is 5.56 Å². The number of carbonyl (C=O) groups is 1. The Morgan fingerprint density at radius 3 is 2.67 bits per heavy atom. The van der Waals surface area contributed by atoms with Crippen LogP contribution < -0.4 is 11.1 Å². The van der Waals surface area contributed by atoms with Crippen LogP contribution in [0.4, 0.5) is 5.82 Å². The molecule has 116 valence electrons. The molecule has 0 unspecified atom stereocenters. The van der Waals surface area contributed by atoms with Crippen molar-refractivity contribution in [3.63, 3.8) is 0 Å². The van der Waals surface area contributed by atoms with Crippen LogP contribution in [0.1, 0.15) is 31.2 Å². The molecule has 0 radical (unpaired) electrons. The monoisotopic (exact) mass is 312 g/mol. The Morgan fingerprint density at radius 2 is 2.10 bits per heavy atom. The Kier molecular flexibility index (Phi) is 5.00. The van der Waals surface area contributed by atoms with E-state index in [2.05, 4.69) is 15.3 Å². The summed E-state index contributed by atoms with van der Waals surface area (Å²) >= 11 is 6.11. The molecular weight excluding hydrogens is 292 g/mol. The van der Waals surface area contributed by atoms with E-state index >= 15 is 0 Å². The molecule has 1 aliphatic rings. The summed E-state index contributed by atoms with van der Waals surface area (Å²) in [5.41, 5.74) is 5.79. The summed E-state index contributed by atoms with van der Waals surface area (Å²) in [6.45, 7) is 5.35.